The first kappa shape index (κ1) is 25.8. The topological polar surface area (TPSA) is 183 Å². The van der Waals surface area contributed by atoms with Gasteiger partial charge in [-0.3, -0.25) is 0 Å². The van der Waals surface area contributed by atoms with Gasteiger partial charge in [-0.05, 0) is 0 Å². The molecule has 0 amide bonds. The van der Waals surface area contributed by atoms with Crippen LogP contribution >= 0.6 is 0 Å². The molecule has 0 heterocycles. The van der Waals surface area contributed by atoms with Gasteiger partial charge in [-0.2, -0.15) is 0 Å². The van der Waals surface area contributed by atoms with Crippen molar-refractivity contribution in [2.45, 2.75) is 0 Å². The molecular weight excluding hydrogens is 136 g/mol. The van der Waals surface area contributed by atoms with Gasteiger partial charge in [0.15, 0.2) is 5.34 Å². The predicted molar refractivity (Wildman–Crippen MR) is 26.4 cm³/mol. The number of hydrogen-bond acceptors (Lipinski definition) is 6. The van der Waals surface area contributed by atoms with E-state index in [9.17, 15) is 0 Å². The highest BCUT2D eigenvalue weighted by molar-refractivity contribution is 3.84. The lowest BCUT2D eigenvalue weighted by Gasteiger charge is -1.56. The zero-order valence-electron chi connectivity index (χ0n) is 4.43. The largest absolute Gasteiger partial charge is 0.379 e. The highest BCUT2D eigenvalue weighted by Gasteiger charge is 1.65. The minimum absolute atomic E-state index is 0. The van der Waals surface area contributed by atoms with Crippen molar-refractivity contribution in [3.8, 4) is 0 Å². The molecule has 9 nitrogen and oxygen atoms in total. The van der Waals surface area contributed by atoms with E-state index in [0.29, 0.717) is 0 Å². The number of hydrogen-bond donors (Lipinski definition) is 4. The number of nitrogens with zero attached hydrogens (tertiary/aromatic N) is 2. The molecule has 9 heavy (non-hydrogen) atoms. The molecule has 0 aliphatic carbocycles. The predicted octanol–water partition coefficient (Wildman–Crippen LogP) is 0.118. The van der Waals surface area contributed by atoms with Crippen LogP contribution in [0.4, 0.5) is 0 Å². The lowest BCUT2D eigenvalue weighted by atomic mass is 13.1. The van der Waals surface area contributed by atoms with E-state index in [1.807, 2.05) is 0 Å². The molecule has 0 saturated heterocycles. The lowest BCUT2D eigenvalue weighted by molar-refractivity contribution is -0.742. The Morgan fingerprint density at radius 2 is 1.44 bits per heavy atom. The molecule has 9 heteroatoms. The standard InChI is InChI=1S/HNO3.HNO2.2H3N/c2-1(3)4;2-1-3;;/h(H,2,3,4);(H,2,3);2*1H3. The molecule has 0 spiro atoms. The van der Waals surface area contributed by atoms with Crippen molar-refractivity contribution in [1.82, 2.24) is 12.3 Å². The molecule has 0 unspecified atom stereocenters. The van der Waals surface area contributed by atoms with E-state index in [-0.39, 0.29) is 12.3 Å². The summed E-state index contributed by atoms with van der Waals surface area (Å²) in [5.41, 5.74) is 0. The minimum atomic E-state index is -1.50. The zero-order valence-corrected chi connectivity index (χ0v) is 4.43. The van der Waals surface area contributed by atoms with Crippen LogP contribution in [-0.2, 0) is 0 Å². The van der Waals surface area contributed by atoms with Crippen molar-refractivity contribution in [2.24, 2.45) is 5.34 Å². The summed E-state index contributed by atoms with van der Waals surface area (Å²) < 4.78 is 0. The van der Waals surface area contributed by atoms with Gasteiger partial charge in [0.25, 0.3) is 5.09 Å². The van der Waals surface area contributed by atoms with Crippen LogP contribution in [0.3, 0.4) is 0 Å². The quantitative estimate of drug-likeness (QED) is 0.211. The molecule has 0 aliphatic heterocycles. The lowest BCUT2D eigenvalue weighted by Crippen LogP contribution is -1.81. The highest BCUT2D eigenvalue weighted by Crippen LogP contribution is 1.38. The van der Waals surface area contributed by atoms with E-state index in [0.717, 1.165) is 0 Å². The summed E-state index contributed by atoms with van der Waals surface area (Å²) in [4.78, 5) is 16.5. The molecular formula is H8N4O5. The molecule has 0 radical (unpaired) electrons. The number of rotatable bonds is 0. The van der Waals surface area contributed by atoms with E-state index >= 15 is 0 Å². The summed E-state index contributed by atoms with van der Waals surface area (Å²) in [6.45, 7) is 0. The minimum Gasteiger partial charge on any atom is -0.379 e. The monoisotopic (exact) mass is 144 g/mol. The highest BCUT2D eigenvalue weighted by atomic mass is 16.9. The van der Waals surface area contributed by atoms with E-state index in [4.69, 9.17) is 25.4 Å². The zero-order chi connectivity index (χ0) is 6.28. The van der Waals surface area contributed by atoms with Crippen LogP contribution in [0.5, 0.6) is 0 Å². The maximum atomic E-state index is 8.36. The van der Waals surface area contributed by atoms with Crippen LogP contribution in [0.1, 0.15) is 0 Å². The summed E-state index contributed by atoms with van der Waals surface area (Å²) in [7, 11) is 0. The van der Waals surface area contributed by atoms with E-state index in [1.54, 1.807) is 0 Å². The molecule has 0 aliphatic rings. The van der Waals surface area contributed by atoms with Crippen molar-refractivity contribution in [3.63, 3.8) is 0 Å². The summed E-state index contributed by atoms with van der Waals surface area (Å²) >= 11 is 0. The molecule has 58 valence electrons. The van der Waals surface area contributed by atoms with Gasteiger partial charge in [-0.25, -0.2) is 0 Å². The van der Waals surface area contributed by atoms with Gasteiger partial charge in [-0.1, -0.05) is 0 Å². The first-order chi connectivity index (χ1) is 3.15. The molecule has 0 aromatic carbocycles. The van der Waals surface area contributed by atoms with Gasteiger partial charge < -0.3 is 22.7 Å². The van der Waals surface area contributed by atoms with Gasteiger partial charge in [0, 0.05) is 0 Å². The third kappa shape index (κ3) is 60.8. The molecule has 0 atom stereocenters. The molecule has 0 bridgehead atoms. The van der Waals surface area contributed by atoms with Crippen molar-refractivity contribution in [2.75, 3.05) is 0 Å². The fraction of sp³-hybridized carbons (Fsp3) is 0. The Morgan fingerprint density at radius 3 is 1.44 bits per heavy atom. The second kappa shape index (κ2) is 31.3. The molecule has 8 N–H and O–H groups in total. The van der Waals surface area contributed by atoms with Gasteiger partial charge in [0.05, 0.1) is 0 Å². The Hall–Kier alpha value is -1.48. The summed E-state index contributed by atoms with van der Waals surface area (Å²) in [5, 5.41) is 21.5. The Kier molecular flexibility index (Phi) is 89.7. The fourth-order valence-electron chi connectivity index (χ4n) is 0. The summed E-state index contributed by atoms with van der Waals surface area (Å²) in [6, 6.07) is 0. The Morgan fingerprint density at radius 1 is 1.44 bits per heavy atom. The van der Waals surface area contributed by atoms with Crippen molar-refractivity contribution in [3.05, 3.63) is 15.0 Å². The second-order valence-corrected chi connectivity index (χ2v) is 0.319. The van der Waals surface area contributed by atoms with Gasteiger partial charge in [0.1, 0.15) is 0 Å². The smallest absolute Gasteiger partial charge is 0.291 e. The normalized spacial score (nSPS) is 4.00. The summed E-state index contributed by atoms with van der Waals surface area (Å²) in [6.07, 6.45) is 0. The van der Waals surface area contributed by atoms with Crippen LogP contribution in [0.2, 0.25) is 0 Å². The molecule has 0 saturated carbocycles. The molecule has 0 aromatic heterocycles. The van der Waals surface area contributed by atoms with Crippen LogP contribution in [-0.4, -0.2) is 15.5 Å². The Bertz CT molecular complexity index is 56.0. The fourth-order valence-corrected chi connectivity index (χ4v) is 0. The maximum Gasteiger partial charge on any atom is 0.291 e. The van der Waals surface area contributed by atoms with Crippen molar-refractivity contribution >= 4 is 0 Å². The molecule has 0 fully saturated rings. The van der Waals surface area contributed by atoms with Crippen LogP contribution < -0.4 is 12.3 Å². The SMILES string of the molecule is N.N.O=NO.O=[N+]([O-])O. The van der Waals surface area contributed by atoms with E-state index in [1.165, 1.54) is 5.34 Å². The first-order valence-corrected chi connectivity index (χ1v) is 0.948. The van der Waals surface area contributed by atoms with Crippen LogP contribution in [0.15, 0.2) is 5.34 Å². The third-order valence-corrected chi connectivity index (χ3v) is 0. The Balaban J connectivity index is -0.0000000233. The van der Waals surface area contributed by atoms with E-state index in [2.05, 4.69) is 0 Å². The maximum absolute atomic E-state index is 8.36. The van der Waals surface area contributed by atoms with Crippen LogP contribution in [0, 0.1) is 15.0 Å². The third-order valence-electron chi connectivity index (χ3n) is 0. The van der Waals surface area contributed by atoms with Gasteiger partial charge in [0.2, 0.25) is 0 Å². The molecule has 0 rings (SSSR count). The van der Waals surface area contributed by atoms with Crippen LogP contribution in [0.25, 0.3) is 0 Å². The average Bonchev–Trinajstić information content (AvgIpc) is 1.33. The first-order valence-electron chi connectivity index (χ1n) is 0.948. The summed E-state index contributed by atoms with van der Waals surface area (Å²) in [5.74, 6) is 0. The average molecular weight is 144 g/mol. The van der Waals surface area contributed by atoms with E-state index < -0.39 is 5.09 Å². The Labute approximate surface area is 49.5 Å². The van der Waals surface area contributed by atoms with Crippen molar-refractivity contribution < 1.29 is 15.5 Å². The molecule has 0 aromatic rings. The van der Waals surface area contributed by atoms with Gasteiger partial charge in [-0.15, -0.1) is 15.0 Å². The van der Waals surface area contributed by atoms with Gasteiger partial charge >= 0.3 is 0 Å². The van der Waals surface area contributed by atoms with Crippen molar-refractivity contribution in [1.29, 1.82) is 0 Å². The second-order valence-electron chi connectivity index (χ2n) is 0.319.